The molecule has 8 heteroatoms. The second kappa shape index (κ2) is 8.32. The van der Waals surface area contributed by atoms with Gasteiger partial charge in [-0.25, -0.2) is 9.78 Å². The zero-order valence-corrected chi connectivity index (χ0v) is 16.7. The fraction of sp³-hybridized carbons (Fsp3) is 0.211. The van der Waals surface area contributed by atoms with E-state index in [1.807, 2.05) is 30.5 Å². The zero-order valence-electron chi connectivity index (χ0n) is 15.1. The summed E-state index contributed by atoms with van der Waals surface area (Å²) in [4.78, 5) is 30.9. The SMILES string of the molecule is COc1ccccc1N(C(C)=O)c1nc(COC(=O)c2sccc2C)cs1. The minimum Gasteiger partial charge on any atom is -0.495 e. The number of ether oxygens (including phenoxy) is 2. The van der Waals surface area contributed by atoms with Crippen molar-refractivity contribution in [1.29, 1.82) is 0 Å². The number of anilines is 2. The molecule has 0 aliphatic rings. The molecule has 0 aliphatic carbocycles. The van der Waals surface area contributed by atoms with Crippen LogP contribution in [0, 0.1) is 6.92 Å². The van der Waals surface area contributed by atoms with Gasteiger partial charge in [-0.1, -0.05) is 12.1 Å². The number of rotatable bonds is 6. The first kappa shape index (κ1) is 19.1. The second-order valence-electron chi connectivity index (χ2n) is 5.66. The molecule has 0 radical (unpaired) electrons. The van der Waals surface area contributed by atoms with Crippen molar-refractivity contribution in [2.24, 2.45) is 0 Å². The van der Waals surface area contributed by atoms with Crippen LogP contribution in [-0.2, 0) is 16.1 Å². The molecule has 0 unspecified atom stereocenters. The van der Waals surface area contributed by atoms with Gasteiger partial charge < -0.3 is 9.47 Å². The Kier molecular flexibility index (Phi) is 5.88. The monoisotopic (exact) mass is 402 g/mol. The fourth-order valence-electron chi connectivity index (χ4n) is 2.47. The highest BCUT2D eigenvalue weighted by Crippen LogP contribution is 2.35. The summed E-state index contributed by atoms with van der Waals surface area (Å²) in [5, 5.41) is 4.12. The number of nitrogens with zero attached hydrogens (tertiary/aromatic N) is 2. The van der Waals surface area contributed by atoms with E-state index >= 15 is 0 Å². The van der Waals surface area contributed by atoms with Crippen molar-refractivity contribution >= 4 is 45.4 Å². The average Bonchev–Trinajstić information content (AvgIpc) is 3.29. The van der Waals surface area contributed by atoms with Crippen molar-refractivity contribution < 1.29 is 19.1 Å². The minimum absolute atomic E-state index is 0.0460. The Balaban J connectivity index is 1.77. The van der Waals surface area contributed by atoms with Gasteiger partial charge in [0.15, 0.2) is 5.13 Å². The van der Waals surface area contributed by atoms with E-state index in [1.165, 1.54) is 34.5 Å². The van der Waals surface area contributed by atoms with Gasteiger partial charge in [0.1, 0.15) is 17.2 Å². The van der Waals surface area contributed by atoms with Gasteiger partial charge in [0.05, 0.1) is 18.5 Å². The molecule has 0 bridgehead atoms. The molecule has 0 aliphatic heterocycles. The van der Waals surface area contributed by atoms with E-state index in [-0.39, 0.29) is 18.5 Å². The number of aryl methyl sites for hydroxylation is 1. The van der Waals surface area contributed by atoms with Crippen LogP contribution in [0.4, 0.5) is 10.8 Å². The lowest BCUT2D eigenvalue weighted by molar-refractivity contribution is -0.115. The number of methoxy groups -OCH3 is 1. The molecule has 1 aromatic carbocycles. The molecular formula is C19H18N2O4S2. The number of benzene rings is 1. The second-order valence-corrected chi connectivity index (χ2v) is 7.41. The maximum Gasteiger partial charge on any atom is 0.348 e. The molecule has 3 rings (SSSR count). The summed E-state index contributed by atoms with van der Waals surface area (Å²) in [6, 6.07) is 9.11. The summed E-state index contributed by atoms with van der Waals surface area (Å²) >= 11 is 2.65. The molecule has 0 spiro atoms. The van der Waals surface area contributed by atoms with Gasteiger partial charge in [-0.2, -0.15) is 0 Å². The Morgan fingerprint density at radius 3 is 2.63 bits per heavy atom. The molecule has 2 heterocycles. The third-order valence-electron chi connectivity index (χ3n) is 3.77. The van der Waals surface area contributed by atoms with E-state index in [0.717, 1.165) is 5.56 Å². The number of esters is 1. The van der Waals surface area contributed by atoms with Crippen LogP contribution in [0.3, 0.4) is 0 Å². The summed E-state index contributed by atoms with van der Waals surface area (Å²) in [7, 11) is 1.55. The van der Waals surface area contributed by atoms with E-state index in [2.05, 4.69) is 4.98 Å². The van der Waals surface area contributed by atoms with Crippen LogP contribution < -0.4 is 9.64 Å². The predicted octanol–water partition coefficient (Wildman–Crippen LogP) is 4.56. The third kappa shape index (κ3) is 4.17. The molecule has 1 amide bonds. The van der Waals surface area contributed by atoms with Crippen LogP contribution in [0.1, 0.15) is 27.9 Å². The number of thiazole rings is 1. The van der Waals surface area contributed by atoms with E-state index in [4.69, 9.17) is 9.47 Å². The highest BCUT2D eigenvalue weighted by atomic mass is 32.1. The number of carbonyl (C=O) groups is 2. The van der Waals surface area contributed by atoms with E-state index < -0.39 is 0 Å². The molecule has 27 heavy (non-hydrogen) atoms. The summed E-state index contributed by atoms with van der Waals surface area (Å²) < 4.78 is 10.7. The lowest BCUT2D eigenvalue weighted by atomic mass is 10.2. The number of hydrogen-bond acceptors (Lipinski definition) is 7. The summed E-state index contributed by atoms with van der Waals surface area (Å²) in [5.74, 6) is 0.0147. The Morgan fingerprint density at radius 1 is 1.19 bits per heavy atom. The van der Waals surface area contributed by atoms with E-state index in [9.17, 15) is 9.59 Å². The molecule has 2 aromatic heterocycles. The zero-order chi connectivity index (χ0) is 19.4. The molecule has 0 fully saturated rings. The molecule has 6 nitrogen and oxygen atoms in total. The number of amides is 1. The van der Waals surface area contributed by atoms with E-state index in [1.54, 1.807) is 24.6 Å². The molecule has 140 valence electrons. The summed E-state index contributed by atoms with van der Waals surface area (Å²) in [6.07, 6.45) is 0. The van der Waals surface area contributed by atoms with Crippen LogP contribution in [0.2, 0.25) is 0 Å². The number of carbonyl (C=O) groups excluding carboxylic acids is 2. The van der Waals surface area contributed by atoms with Crippen molar-refractivity contribution in [2.75, 3.05) is 12.0 Å². The normalized spacial score (nSPS) is 10.5. The number of hydrogen-bond donors (Lipinski definition) is 0. The quantitative estimate of drug-likeness (QED) is 0.565. The summed E-state index contributed by atoms with van der Waals surface area (Å²) in [6.45, 7) is 3.38. The van der Waals surface area contributed by atoms with Gasteiger partial charge in [0, 0.05) is 12.3 Å². The van der Waals surface area contributed by atoms with Crippen molar-refractivity contribution in [1.82, 2.24) is 4.98 Å². The van der Waals surface area contributed by atoms with Gasteiger partial charge in [0.25, 0.3) is 0 Å². The maximum absolute atomic E-state index is 12.2. The van der Waals surface area contributed by atoms with Gasteiger partial charge in [-0.05, 0) is 36.1 Å². The van der Waals surface area contributed by atoms with Crippen LogP contribution in [0.5, 0.6) is 5.75 Å². The maximum atomic E-state index is 12.2. The smallest absolute Gasteiger partial charge is 0.348 e. The highest BCUT2D eigenvalue weighted by Gasteiger charge is 2.21. The van der Waals surface area contributed by atoms with Crippen molar-refractivity contribution in [3.8, 4) is 5.75 Å². The standard InChI is InChI=1S/C19H18N2O4S2/c1-12-8-9-26-17(12)18(23)25-10-14-11-27-19(20-14)21(13(2)22)15-6-4-5-7-16(15)24-3/h4-9,11H,10H2,1-3H3. The molecule has 3 aromatic rings. The molecule has 0 atom stereocenters. The molecule has 0 saturated heterocycles. The highest BCUT2D eigenvalue weighted by molar-refractivity contribution is 7.14. The van der Waals surface area contributed by atoms with E-state index in [0.29, 0.717) is 27.1 Å². The molecule has 0 saturated carbocycles. The minimum atomic E-state index is -0.370. The number of aromatic nitrogens is 1. The summed E-state index contributed by atoms with van der Waals surface area (Å²) in [5.41, 5.74) is 2.08. The lowest BCUT2D eigenvalue weighted by Gasteiger charge is -2.20. The fourth-order valence-corrected chi connectivity index (χ4v) is 4.16. The van der Waals surface area contributed by atoms with Gasteiger partial charge in [-0.15, -0.1) is 22.7 Å². The third-order valence-corrected chi connectivity index (χ3v) is 5.64. The van der Waals surface area contributed by atoms with Crippen LogP contribution in [0.25, 0.3) is 0 Å². The Bertz CT molecular complexity index is 964. The predicted molar refractivity (Wildman–Crippen MR) is 106 cm³/mol. The van der Waals surface area contributed by atoms with Gasteiger partial charge in [0.2, 0.25) is 5.91 Å². The van der Waals surface area contributed by atoms with Gasteiger partial charge >= 0.3 is 5.97 Å². The first-order valence-corrected chi connectivity index (χ1v) is 9.86. The number of thiophene rings is 1. The largest absolute Gasteiger partial charge is 0.495 e. The van der Waals surface area contributed by atoms with Crippen molar-refractivity contribution in [3.05, 3.63) is 57.2 Å². The Morgan fingerprint density at radius 2 is 1.96 bits per heavy atom. The lowest BCUT2D eigenvalue weighted by Crippen LogP contribution is -2.23. The Hall–Kier alpha value is -2.71. The Labute approximate surface area is 165 Å². The molecule has 0 N–H and O–H groups in total. The molecular weight excluding hydrogens is 384 g/mol. The number of para-hydroxylation sites is 2. The van der Waals surface area contributed by atoms with Crippen LogP contribution >= 0.6 is 22.7 Å². The topological polar surface area (TPSA) is 68.7 Å². The van der Waals surface area contributed by atoms with Crippen molar-refractivity contribution in [2.45, 2.75) is 20.5 Å². The average molecular weight is 402 g/mol. The first-order valence-electron chi connectivity index (χ1n) is 8.10. The van der Waals surface area contributed by atoms with Gasteiger partial charge in [-0.3, -0.25) is 9.69 Å². The first-order chi connectivity index (χ1) is 13.0. The van der Waals surface area contributed by atoms with Crippen molar-refractivity contribution in [3.63, 3.8) is 0 Å². The van der Waals surface area contributed by atoms with Crippen LogP contribution in [-0.4, -0.2) is 24.0 Å². The van der Waals surface area contributed by atoms with Crippen LogP contribution in [0.15, 0.2) is 41.1 Å².